The van der Waals surface area contributed by atoms with E-state index >= 15 is 0 Å². The predicted octanol–water partition coefficient (Wildman–Crippen LogP) is 3.83. The minimum atomic E-state index is -1.41. The zero-order valence-electron chi connectivity index (χ0n) is 20.4. The minimum absolute atomic E-state index is 0.137. The highest BCUT2D eigenvalue weighted by atomic mass is 19.1. The van der Waals surface area contributed by atoms with Crippen LogP contribution in [0.3, 0.4) is 0 Å². The Kier molecular flexibility index (Phi) is 7.10. The molecule has 2 aromatic carbocycles. The number of imide groups is 1. The lowest BCUT2D eigenvalue weighted by atomic mass is 9.75. The smallest absolute Gasteiger partial charge is 0.241 e. The number of hydrogen-bond donors (Lipinski definition) is 0. The van der Waals surface area contributed by atoms with Gasteiger partial charge in [0, 0.05) is 32.5 Å². The first-order valence-corrected chi connectivity index (χ1v) is 11.9. The lowest BCUT2D eigenvalue weighted by molar-refractivity contribution is -0.144. The van der Waals surface area contributed by atoms with E-state index in [-0.39, 0.29) is 37.2 Å². The molecule has 1 aliphatic heterocycles. The molecule has 2 aromatic rings. The molecule has 2 fully saturated rings. The lowest BCUT2D eigenvalue weighted by Crippen LogP contribution is -2.45. The fourth-order valence-electron chi connectivity index (χ4n) is 5.28. The first-order valence-electron chi connectivity index (χ1n) is 11.9. The molecule has 35 heavy (non-hydrogen) atoms. The minimum Gasteiger partial charge on any atom is -0.493 e. The summed E-state index contributed by atoms with van der Waals surface area (Å²) in [6, 6.07) is 10.9. The molecule has 0 unspecified atom stereocenters. The molecule has 0 radical (unpaired) electrons. The largest absolute Gasteiger partial charge is 0.493 e. The Morgan fingerprint density at radius 3 is 2.46 bits per heavy atom. The van der Waals surface area contributed by atoms with Crippen LogP contribution in [0, 0.1) is 5.82 Å². The van der Waals surface area contributed by atoms with Crippen molar-refractivity contribution in [2.75, 3.05) is 21.3 Å². The first kappa shape index (κ1) is 24.7. The summed E-state index contributed by atoms with van der Waals surface area (Å²) in [4.78, 5) is 43.1. The molecule has 1 heterocycles. The summed E-state index contributed by atoms with van der Waals surface area (Å²) in [5, 5.41) is 0. The Labute approximate surface area is 204 Å². The zero-order valence-corrected chi connectivity index (χ0v) is 20.4. The maximum atomic E-state index is 14.2. The third-order valence-corrected chi connectivity index (χ3v) is 7.16. The predicted molar refractivity (Wildman–Crippen MR) is 127 cm³/mol. The van der Waals surface area contributed by atoms with Crippen molar-refractivity contribution in [3.63, 3.8) is 0 Å². The van der Waals surface area contributed by atoms with Gasteiger partial charge >= 0.3 is 0 Å². The van der Waals surface area contributed by atoms with Crippen LogP contribution in [-0.4, -0.2) is 54.8 Å². The van der Waals surface area contributed by atoms with Gasteiger partial charge in [-0.2, -0.15) is 0 Å². The number of halogens is 1. The number of ether oxygens (including phenoxy) is 2. The Bertz CT molecular complexity index is 1130. The molecule has 1 saturated heterocycles. The fourth-order valence-corrected chi connectivity index (χ4v) is 5.28. The molecule has 1 saturated carbocycles. The van der Waals surface area contributed by atoms with E-state index in [2.05, 4.69) is 0 Å². The van der Waals surface area contributed by atoms with Gasteiger partial charge in [0.05, 0.1) is 19.6 Å². The van der Waals surface area contributed by atoms with E-state index in [0.717, 1.165) is 31.2 Å². The zero-order chi connectivity index (χ0) is 25.2. The average molecular weight is 483 g/mol. The van der Waals surface area contributed by atoms with Gasteiger partial charge in [0.25, 0.3) is 0 Å². The van der Waals surface area contributed by atoms with Crippen LogP contribution < -0.4 is 9.47 Å². The molecule has 186 valence electrons. The molecule has 8 heteroatoms. The molecule has 7 nitrogen and oxygen atoms in total. The molecule has 0 spiro atoms. The number of nitrogens with zero attached hydrogens (tertiary/aromatic N) is 2. The normalized spacial score (nSPS) is 20.4. The average Bonchev–Trinajstić information content (AvgIpc) is 3.45. The number of rotatable bonds is 8. The highest BCUT2D eigenvalue weighted by Gasteiger charge is 2.55. The van der Waals surface area contributed by atoms with E-state index in [1.165, 1.54) is 35.1 Å². The Balaban J connectivity index is 1.61. The third kappa shape index (κ3) is 4.74. The highest BCUT2D eigenvalue weighted by molar-refractivity contribution is 6.11. The molecule has 2 aliphatic rings. The standard InChI is InChI=1S/C27H31FN2O5/c1-29(17-18-11-12-22(34-2)23(13-18)35-3)24(31)15-27(19-7-6-8-20(28)14-19)16-25(32)30(26(27)33)21-9-4-5-10-21/h6-8,11-14,21H,4-5,9-10,15-17H2,1-3H3/t27-/m1/s1. The van der Waals surface area contributed by atoms with Crippen molar-refractivity contribution in [1.82, 2.24) is 9.80 Å². The topological polar surface area (TPSA) is 76.2 Å². The van der Waals surface area contributed by atoms with Crippen molar-refractivity contribution >= 4 is 17.7 Å². The van der Waals surface area contributed by atoms with Crippen LogP contribution in [0.25, 0.3) is 0 Å². The van der Waals surface area contributed by atoms with Gasteiger partial charge in [-0.15, -0.1) is 0 Å². The Morgan fingerprint density at radius 2 is 1.80 bits per heavy atom. The van der Waals surface area contributed by atoms with Crippen molar-refractivity contribution < 1.29 is 28.2 Å². The molecule has 4 rings (SSSR count). The van der Waals surface area contributed by atoms with Gasteiger partial charge in [0.15, 0.2) is 11.5 Å². The summed E-state index contributed by atoms with van der Waals surface area (Å²) in [5.74, 6) is -0.372. The van der Waals surface area contributed by atoms with Crippen molar-refractivity contribution in [3.8, 4) is 11.5 Å². The van der Waals surface area contributed by atoms with Gasteiger partial charge < -0.3 is 14.4 Å². The quantitative estimate of drug-likeness (QED) is 0.535. The van der Waals surface area contributed by atoms with E-state index < -0.39 is 17.1 Å². The molecule has 0 bridgehead atoms. The van der Waals surface area contributed by atoms with E-state index in [4.69, 9.17) is 9.47 Å². The number of carbonyl (C=O) groups is 3. The van der Waals surface area contributed by atoms with Crippen LogP contribution in [0.5, 0.6) is 11.5 Å². The number of carbonyl (C=O) groups excluding carboxylic acids is 3. The number of likely N-dealkylation sites (tertiary alicyclic amines) is 1. The summed E-state index contributed by atoms with van der Waals surface area (Å²) in [6.07, 6.45) is 3.10. The third-order valence-electron chi connectivity index (χ3n) is 7.16. The maximum Gasteiger partial charge on any atom is 0.241 e. The van der Waals surface area contributed by atoms with Gasteiger partial charge in [0.2, 0.25) is 17.7 Å². The van der Waals surface area contributed by atoms with Crippen molar-refractivity contribution in [2.45, 2.75) is 56.5 Å². The van der Waals surface area contributed by atoms with Crippen LogP contribution in [0.4, 0.5) is 4.39 Å². The van der Waals surface area contributed by atoms with E-state index in [1.54, 1.807) is 32.4 Å². The van der Waals surface area contributed by atoms with Crippen molar-refractivity contribution in [2.24, 2.45) is 0 Å². The molecular formula is C27H31FN2O5. The second kappa shape index (κ2) is 10.1. The molecule has 0 aromatic heterocycles. The number of methoxy groups -OCH3 is 2. The number of hydrogen-bond acceptors (Lipinski definition) is 5. The molecule has 1 aliphatic carbocycles. The highest BCUT2D eigenvalue weighted by Crippen LogP contribution is 2.43. The second-order valence-corrected chi connectivity index (χ2v) is 9.39. The van der Waals surface area contributed by atoms with Crippen LogP contribution in [0.2, 0.25) is 0 Å². The van der Waals surface area contributed by atoms with Crippen LogP contribution >= 0.6 is 0 Å². The van der Waals surface area contributed by atoms with Gasteiger partial charge in [-0.05, 0) is 48.2 Å². The first-order chi connectivity index (χ1) is 16.8. The lowest BCUT2D eigenvalue weighted by Gasteiger charge is -2.30. The van der Waals surface area contributed by atoms with Crippen LogP contribution in [0.15, 0.2) is 42.5 Å². The number of benzene rings is 2. The fraction of sp³-hybridized carbons (Fsp3) is 0.444. The Hall–Kier alpha value is -3.42. The number of amides is 3. The molecule has 3 amide bonds. The maximum absolute atomic E-state index is 14.2. The Morgan fingerprint density at radius 1 is 1.09 bits per heavy atom. The summed E-state index contributed by atoms with van der Waals surface area (Å²) in [6.45, 7) is 0.271. The van der Waals surface area contributed by atoms with Gasteiger partial charge in [-0.25, -0.2) is 4.39 Å². The van der Waals surface area contributed by atoms with E-state index in [1.807, 2.05) is 6.07 Å². The van der Waals surface area contributed by atoms with Crippen LogP contribution in [0.1, 0.15) is 49.7 Å². The summed E-state index contributed by atoms with van der Waals surface area (Å²) in [5.41, 5.74) is -0.228. The monoisotopic (exact) mass is 482 g/mol. The van der Waals surface area contributed by atoms with Crippen molar-refractivity contribution in [1.29, 1.82) is 0 Å². The molecule has 1 atom stereocenters. The summed E-state index contributed by atoms with van der Waals surface area (Å²) < 4.78 is 24.8. The summed E-state index contributed by atoms with van der Waals surface area (Å²) >= 11 is 0. The van der Waals surface area contributed by atoms with E-state index in [0.29, 0.717) is 17.1 Å². The van der Waals surface area contributed by atoms with Gasteiger partial charge in [-0.1, -0.05) is 31.0 Å². The van der Waals surface area contributed by atoms with Gasteiger partial charge in [0.1, 0.15) is 5.82 Å². The van der Waals surface area contributed by atoms with Gasteiger partial charge in [-0.3, -0.25) is 19.3 Å². The molecule has 0 N–H and O–H groups in total. The molecular weight excluding hydrogens is 451 g/mol. The SMILES string of the molecule is COc1ccc(CN(C)C(=O)C[C@]2(c3cccc(F)c3)CC(=O)N(C3CCCC3)C2=O)cc1OC. The second-order valence-electron chi connectivity index (χ2n) is 9.39. The summed E-state index contributed by atoms with van der Waals surface area (Å²) in [7, 11) is 4.74. The van der Waals surface area contributed by atoms with E-state index in [9.17, 15) is 18.8 Å². The van der Waals surface area contributed by atoms with Crippen molar-refractivity contribution in [3.05, 3.63) is 59.4 Å². The van der Waals surface area contributed by atoms with Crippen LogP contribution in [-0.2, 0) is 26.3 Å².